The molecule has 1 aliphatic heterocycles. The van der Waals surface area contributed by atoms with E-state index >= 15 is 0 Å². The Kier molecular flexibility index (Phi) is 5.27. The Morgan fingerprint density at radius 3 is 2.74 bits per heavy atom. The third-order valence-corrected chi connectivity index (χ3v) is 8.94. The molecule has 2 heterocycles. The molecule has 1 aliphatic carbocycles. The Balaban J connectivity index is 1.91. The average molecular weight is 406 g/mol. The van der Waals surface area contributed by atoms with Crippen molar-refractivity contribution in [2.24, 2.45) is 5.92 Å². The molecule has 1 aromatic heterocycles. The quantitative estimate of drug-likeness (QED) is 0.700. The molecule has 5 nitrogen and oxygen atoms in total. The minimum atomic E-state index is -0.312. The van der Waals surface area contributed by atoms with Crippen LogP contribution in [0.4, 0.5) is 0 Å². The second-order valence-electron chi connectivity index (χ2n) is 6.78. The van der Waals surface area contributed by atoms with Crippen LogP contribution >= 0.6 is 23.5 Å². The summed E-state index contributed by atoms with van der Waals surface area (Å²) in [5.74, 6) is 1.83. The summed E-state index contributed by atoms with van der Waals surface area (Å²) in [5.41, 5.74) is 2.84. The molecule has 2 aromatic rings. The number of benzene rings is 1. The molecule has 4 rings (SSSR count). The zero-order valence-corrected chi connectivity index (χ0v) is 17.2. The summed E-state index contributed by atoms with van der Waals surface area (Å²) in [6, 6.07) is 8.02. The number of nitrogens with zero attached hydrogens (tertiary/aromatic N) is 1. The highest BCUT2D eigenvalue weighted by atomic mass is 32.2. The van der Waals surface area contributed by atoms with E-state index in [9.17, 15) is 9.59 Å². The number of thioether (sulfide) groups is 2. The van der Waals surface area contributed by atoms with Gasteiger partial charge >= 0.3 is 5.97 Å². The smallest absolute Gasteiger partial charge is 0.306 e. The lowest BCUT2D eigenvalue weighted by atomic mass is 9.82. The number of fused-ring (bicyclic) bond motifs is 4. The minimum Gasteiger partial charge on any atom is -0.466 e. The van der Waals surface area contributed by atoms with Crippen molar-refractivity contribution in [2.75, 3.05) is 25.2 Å². The number of hydrogen-bond donors (Lipinski definition) is 0. The number of rotatable bonds is 5. The lowest BCUT2D eigenvalue weighted by Crippen LogP contribution is -2.38. The third-order valence-electron chi connectivity index (χ3n) is 5.24. The van der Waals surface area contributed by atoms with Gasteiger partial charge < -0.3 is 14.0 Å². The van der Waals surface area contributed by atoms with Crippen molar-refractivity contribution in [3.8, 4) is 0 Å². The molecule has 0 saturated carbocycles. The van der Waals surface area contributed by atoms with Crippen LogP contribution in [-0.4, -0.2) is 41.5 Å². The molecule has 1 atom stereocenters. The van der Waals surface area contributed by atoms with E-state index in [0.29, 0.717) is 19.8 Å². The van der Waals surface area contributed by atoms with E-state index in [1.807, 2.05) is 54.7 Å². The fourth-order valence-electron chi connectivity index (χ4n) is 4.29. The molecular weight excluding hydrogens is 382 g/mol. The zero-order chi connectivity index (χ0) is 19.0. The van der Waals surface area contributed by atoms with Crippen LogP contribution in [0.3, 0.4) is 0 Å². The van der Waals surface area contributed by atoms with E-state index in [0.717, 1.165) is 33.7 Å². The Labute approximate surface area is 167 Å². The van der Waals surface area contributed by atoms with Crippen molar-refractivity contribution in [1.29, 1.82) is 0 Å². The van der Waals surface area contributed by atoms with Gasteiger partial charge in [0.25, 0.3) is 0 Å². The van der Waals surface area contributed by atoms with Crippen molar-refractivity contribution in [3.05, 3.63) is 35.5 Å². The molecule has 1 saturated heterocycles. The normalized spacial score (nSPS) is 21.0. The molecule has 0 N–H and O–H groups in total. The van der Waals surface area contributed by atoms with Crippen LogP contribution in [-0.2, 0) is 25.1 Å². The number of carbonyl (C=O) groups excluding carboxylic acids is 2. The Bertz CT molecular complexity index is 885. The van der Waals surface area contributed by atoms with Gasteiger partial charge in [0.05, 0.1) is 24.2 Å². The molecule has 1 aromatic carbocycles. The molecule has 1 spiro atoms. The highest BCUT2D eigenvalue weighted by Gasteiger charge is 2.53. The van der Waals surface area contributed by atoms with Crippen molar-refractivity contribution in [3.63, 3.8) is 0 Å². The maximum atomic E-state index is 13.2. The molecule has 1 fully saturated rings. The second kappa shape index (κ2) is 7.53. The van der Waals surface area contributed by atoms with Crippen molar-refractivity contribution >= 4 is 46.2 Å². The first-order valence-corrected chi connectivity index (χ1v) is 11.2. The van der Waals surface area contributed by atoms with Gasteiger partial charge in [-0.1, -0.05) is 18.2 Å². The number of ketones is 1. The molecule has 7 heteroatoms. The lowest BCUT2D eigenvalue weighted by Gasteiger charge is -2.40. The number of para-hydroxylation sites is 1. The molecule has 144 valence electrons. The van der Waals surface area contributed by atoms with Gasteiger partial charge in [-0.05, 0) is 13.0 Å². The number of Topliss-reactive ketones (excluding diaryl/α,β-unsaturated/α-hetero) is 1. The highest BCUT2D eigenvalue weighted by molar-refractivity contribution is 8.20. The predicted molar refractivity (Wildman–Crippen MR) is 109 cm³/mol. The third kappa shape index (κ3) is 3.00. The maximum Gasteiger partial charge on any atom is 0.306 e. The highest BCUT2D eigenvalue weighted by Crippen LogP contribution is 2.62. The van der Waals surface area contributed by atoms with Gasteiger partial charge in [0.15, 0.2) is 5.78 Å². The van der Waals surface area contributed by atoms with Crippen molar-refractivity contribution in [2.45, 2.75) is 30.6 Å². The van der Waals surface area contributed by atoms with Crippen LogP contribution in [0, 0.1) is 5.92 Å². The Morgan fingerprint density at radius 1 is 1.30 bits per heavy atom. The lowest BCUT2D eigenvalue weighted by molar-refractivity contribution is -0.144. The summed E-state index contributed by atoms with van der Waals surface area (Å²) in [4.78, 5) is 25.5. The average Bonchev–Trinajstić information content (AvgIpc) is 3.25. The van der Waals surface area contributed by atoms with Crippen LogP contribution in [0.15, 0.2) is 24.3 Å². The van der Waals surface area contributed by atoms with Gasteiger partial charge in [0, 0.05) is 41.9 Å². The molecule has 2 aliphatic rings. The topological polar surface area (TPSA) is 57.5 Å². The summed E-state index contributed by atoms with van der Waals surface area (Å²) >= 11 is 3.72. The van der Waals surface area contributed by atoms with Crippen LogP contribution in [0.25, 0.3) is 10.9 Å². The number of aromatic nitrogens is 1. The van der Waals surface area contributed by atoms with Crippen LogP contribution in [0.2, 0.25) is 0 Å². The van der Waals surface area contributed by atoms with E-state index in [1.54, 1.807) is 7.11 Å². The van der Waals surface area contributed by atoms with Gasteiger partial charge in [0.2, 0.25) is 0 Å². The maximum absolute atomic E-state index is 13.2. The summed E-state index contributed by atoms with van der Waals surface area (Å²) < 4.78 is 12.5. The van der Waals surface area contributed by atoms with E-state index < -0.39 is 0 Å². The van der Waals surface area contributed by atoms with Crippen molar-refractivity contribution < 1.29 is 19.1 Å². The van der Waals surface area contributed by atoms with E-state index in [-0.39, 0.29) is 28.2 Å². The summed E-state index contributed by atoms with van der Waals surface area (Å²) in [5, 5.41) is 0.983. The number of ether oxygens (including phenoxy) is 2. The number of carbonyl (C=O) groups is 2. The minimum absolute atomic E-state index is 0.0750. The van der Waals surface area contributed by atoms with Gasteiger partial charge in [-0.2, -0.15) is 0 Å². The SMILES string of the molecule is CCOC(=O)CC1CC(=O)c2c(n(COC)c3ccccc23)C12SCCS2. The largest absolute Gasteiger partial charge is 0.466 e. The number of methoxy groups -OCH3 is 1. The first-order chi connectivity index (χ1) is 13.1. The fourth-order valence-corrected chi connectivity index (χ4v) is 7.90. The van der Waals surface area contributed by atoms with E-state index in [1.165, 1.54) is 0 Å². The van der Waals surface area contributed by atoms with Crippen LogP contribution in [0.1, 0.15) is 35.8 Å². The summed E-state index contributed by atoms with van der Waals surface area (Å²) in [6.45, 7) is 2.56. The zero-order valence-electron chi connectivity index (χ0n) is 15.5. The first-order valence-electron chi connectivity index (χ1n) is 9.19. The van der Waals surface area contributed by atoms with E-state index in [2.05, 4.69) is 4.57 Å². The Morgan fingerprint density at radius 2 is 2.04 bits per heavy atom. The van der Waals surface area contributed by atoms with Gasteiger partial charge in [0.1, 0.15) is 10.8 Å². The van der Waals surface area contributed by atoms with E-state index in [4.69, 9.17) is 9.47 Å². The standard InChI is InChI=1S/C20H23NO4S2/c1-3-25-17(23)11-13-10-16(22)18-14-6-4-5-7-15(14)21(12-24-2)19(18)20(13)26-8-9-27-20/h4-7,13H,3,8-12H2,1-2H3. The van der Waals surface area contributed by atoms with Gasteiger partial charge in [-0.3, -0.25) is 9.59 Å². The van der Waals surface area contributed by atoms with Gasteiger partial charge in [-0.15, -0.1) is 23.5 Å². The van der Waals surface area contributed by atoms with Gasteiger partial charge in [-0.25, -0.2) is 0 Å². The van der Waals surface area contributed by atoms with Crippen LogP contribution < -0.4 is 0 Å². The molecule has 1 unspecified atom stereocenters. The van der Waals surface area contributed by atoms with Crippen LogP contribution in [0.5, 0.6) is 0 Å². The Hall–Kier alpha value is -1.44. The number of esters is 1. The molecule has 0 radical (unpaired) electrons. The summed E-state index contributed by atoms with van der Waals surface area (Å²) in [6.07, 6.45) is 0.653. The predicted octanol–water partition coefficient (Wildman–Crippen LogP) is 4.03. The molecular formula is C20H23NO4S2. The molecule has 27 heavy (non-hydrogen) atoms. The molecule has 0 amide bonds. The molecule has 0 bridgehead atoms. The van der Waals surface area contributed by atoms with Crippen molar-refractivity contribution in [1.82, 2.24) is 4.57 Å². The number of hydrogen-bond acceptors (Lipinski definition) is 6. The monoisotopic (exact) mass is 405 g/mol. The first kappa shape index (κ1) is 18.9. The second-order valence-corrected chi connectivity index (χ2v) is 9.72. The summed E-state index contributed by atoms with van der Waals surface area (Å²) in [7, 11) is 1.67. The fraction of sp³-hybridized carbons (Fsp3) is 0.500.